The van der Waals surface area contributed by atoms with Crippen LogP contribution >= 0.6 is 12.2 Å². The second-order valence-electron chi connectivity index (χ2n) is 5.02. The number of aromatic amines is 1. The van der Waals surface area contributed by atoms with Gasteiger partial charge in [-0.15, -0.1) is 0 Å². The number of aryl methyl sites for hydroxylation is 1. The monoisotopic (exact) mass is 318 g/mol. The van der Waals surface area contributed by atoms with Gasteiger partial charge in [-0.1, -0.05) is 20.3 Å². The zero-order valence-corrected chi connectivity index (χ0v) is 13.9. The molecule has 22 heavy (non-hydrogen) atoms. The van der Waals surface area contributed by atoms with Gasteiger partial charge in [-0.05, 0) is 54.9 Å². The Morgan fingerprint density at radius 3 is 2.73 bits per heavy atom. The van der Waals surface area contributed by atoms with Crippen LogP contribution in [0.3, 0.4) is 0 Å². The Hall–Kier alpha value is -1.95. The Labute approximate surface area is 136 Å². The van der Waals surface area contributed by atoms with Gasteiger partial charge in [-0.25, -0.2) is 0 Å². The number of benzene rings is 1. The SMILES string of the molecule is CCCCOc1ccc(/C=N\n2c(CCC)n[nH]c2=S)cc1. The molecule has 0 atom stereocenters. The first-order valence-corrected chi connectivity index (χ1v) is 8.09. The summed E-state index contributed by atoms with van der Waals surface area (Å²) in [5.41, 5.74) is 0.994. The lowest BCUT2D eigenvalue weighted by atomic mass is 10.2. The van der Waals surface area contributed by atoms with Crippen LogP contribution in [0.1, 0.15) is 44.5 Å². The van der Waals surface area contributed by atoms with Gasteiger partial charge in [0.15, 0.2) is 5.82 Å². The van der Waals surface area contributed by atoms with E-state index >= 15 is 0 Å². The van der Waals surface area contributed by atoms with Gasteiger partial charge in [0.25, 0.3) is 0 Å². The molecule has 0 saturated heterocycles. The summed E-state index contributed by atoms with van der Waals surface area (Å²) in [5.74, 6) is 1.74. The van der Waals surface area contributed by atoms with Gasteiger partial charge >= 0.3 is 0 Å². The maximum absolute atomic E-state index is 5.64. The molecule has 1 aromatic heterocycles. The molecule has 0 fully saturated rings. The van der Waals surface area contributed by atoms with Crippen molar-refractivity contribution >= 4 is 18.4 Å². The second-order valence-corrected chi connectivity index (χ2v) is 5.41. The molecule has 0 aliphatic heterocycles. The summed E-state index contributed by atoms with van der Waals surface area (Å²) in [6, 6.07) is 7.87. The number of nitrogens with one attached hydrogen (secondary N) is 1. The minimum atomic E-state index is 0.513. The second kappa shape index (κ2) is 8.48. The van der Waals surface area contributed by atoms with E-state index in [9.17, 15) is 0 Å². The largest absolute Gasteiger partial charge is 0.494 e. The van der Waals surface area contributed by atoms with Crippen LogP contribution in [0.15, 0.2) is 29.4 Å². The van der Waals surface area contributed by atoms with E-state index in [1.165, 1.54) is 0 Å². The van der Waals surface area contributed by atoms with E-state index < -0.39 is 0 Å². The molecule has 0 spiro atoms. The third kappa shape index (κ3) is 4.53. The fourth-order valence-electron chi connectivity index (χ4n) is 1.94. The molecule has 6 heteroatoms. The number of hydrogen-bond donors (Lipinski definition) is 1. The third-order valence-corrected chi connectivity index (χ3v) is 3.42. The van der Waals surface area contributed by atoms with Crippen molar-refractivity contribution in [3.05, 3.63) is 40.4 Å². The van der Waals surface area contributed by atoms with E-state index in [4.69, 9.17) is 17.0 Å². The van der Waals surface area contributed by atoms with Gasteiger partial charge in [0.05, 0.1) is 12.8 Å². The lowest BCUT2D eigenvalue weighted by molar-refractivity contribution is 0.309. The lowest BCUT2D eigenvalue weighted by Crippen LogP contribution is -1.99. The maximum atomic E-state index is 5.64. The summed E-state index contributed by atoms with van der Waals surface area (Å²) >= 11 is 5.19. The van der Waals surface area contributed by atoms with E-state index in [-0.39, 0.29) is 0 Å². The van der Waals surface area contributed by atoms with E-state index in [1.807, 2.05) is 24.3 Å². The summed E-state index contributed by atoms with van der Waals surface area (Å²) in [5, 5.41) is 11.4. The van der Waals surface area contributed by atoms with E-state index in [2.05, 4.69) is 29.1 Å². The van der Waals surface area contributed by atoms with Crippen molar-refractivity contribution in [1.82, 2.24) is 14.9 Å². The van der Waals surface area contributed by atoms with Gasteiger partial charge in [0.2, 0.25) is 4.77 Å². The average molecular weight is 318 g/mol. The summed E-state index contributed by atoms with van der Waals surface area (Å²) in [4.78, 5) is 0. The van der Waals surface area contributed by atoms with Crippen LogP contribution in [0.25, 0.3) is 0 Å². The first kappa shape index (κ1) is 16.4. The van der Waals surface area contributed by atoms with Crippen LogP contribution in [0, 0.1) is 4.77 Å². The number of hydrogen-bond acceptors (Lipinski definition) is 4. The Balaban J connectivity index is 2.04. The smallest absolute Gasteiger partial charge is 0.216 e. The highest BCUT2D eigenvalue weighted by Crippen LogP contribution is 2.12. The number of nitrogens with zero attached hydrogens (tertiary/aromatic N) is 3. The molecule has 2 aromatic rings. The molecule has 2 rings (SSSR count). The highest BCUT2D eigenvalue weighted by Gasteiger charge is 2.03. The van der Waals surface area contributed by atoms with Crippen LogP contribution in [-0.4, -0.2) is 27.7 Å². The van der Waals surface area contributed by atoms with Crippen molar-refractivity contribution in [2.75, 3.05) is 6.61 Å². The molecule has 0 unspecified atom stereocenters. The molecule has 118 valence electrons. The molecule has 1 N–H and O–H groups in total. The predicted molar refractivity (Wildman–Crippen MR) is 91.2 cm³/mol. The Bertz CT molecular complexity index is 658. The van der Waals surface area contributed by atoms with Crippen LogP contribution in [0.4, 0.5) is 0 Å². The number of aromatic nitrogens is 3. The molecule has 0 bridgehead atoms. The van der Waals surface area contributed by atoms with Crippen molar-refractivity contribution < 1.29 is 4.74 Å². The minimum absolute atomic E-state index is 0.513. The first-order valence-electron chi connectivity index (χ1n) is 7.68. The highest BCUT2D eigenvalue weighted by molar-refractivity contribution is 7.71. The van der Waals surface area contributed by atoms with Gasteiger partial charge in [0, 0.05) is 6.42 Å². The minimum Gasteiger partial charge on any atom is -0.494 e. The number of unbranched alkanes of at least 4 members (excludes halogenated alkanes) is 1. The predicted octanol–water partition coefficient (Wildman–Crippen LogP) is 3.95. The van der Waals surface area contributed by atoms with E-state index in [1.54, 1.807) is 10.9 Å². The van der Waals surface area contributed by atoms with Crippen molar-refractivity contribution in [1.29, 1.82) is 0 Å². The molecule has 5 nitrogen and oxygen atoms in total. The Morgan fingerprint density at radius 1 is 1.27 bits per heavy atom. The van der Waals surface area contributed by atoms with Crippen LogP contribution in [-0.2, 0) is 6.42 Å². The van der Waals surface area contributed by atoms with Gasteiger partial charge in [0.1, 0.15) is 5.75 Å². The quantitative estimate of drug-likeness (QED) is 0.455. The van der Waals surface area contributed by atoms with E-state index in [0.717, 1.165) is 49.4 Å². The molecule has 0 saturated carbocycles. The van der Waals surface area contributed by atoms with Crippen molar-refractivity contribution in [2.24, 2.45) is 5.10 Å². The Morgan fingerprint density at radius 2 is 2.05 bits per heavy atom. The molecule has 0 amide bonds. The average Bonchev–Trinajstić information content (AvgIpc) is 2.87. The summed E-state index contributed by atoms with van der Waals surface area (Å²) < 4.78 is 7.82. The van der Waals surface area contributed by atoms with E-state index in [0.29, 0.717) is 4.77 Å². The standard InChI is InChI=1S/C16H22N4OS/c1-3-5-11-21-14-9-7-13(8-10-14)12-17-20-15(6-4-2)18-19-16(20)22/h7-10,12H,3-6,11H2,1-2H3,(H,19,22)/b17-12-. The topological polar surface area (TPSA) is 55.2 Å². The van der Waals surface area contributed by atoms with Gasteiger partial charge < -0.3 is 4.74 Å². The normalized spacial score (nSPS) is 11.2. The lowest BCUT2D eigenvalue weighted by Gasteiger charge is -2.05. The zero-order valence-electron chi connectivity index (χ0n) is 13.1. The summed E-state index contributed by atoms with van der Waals surface area (Å²) in [7, 11) is 0. The van der Waals surface area contributed by atoms with Crippen molar-refractivity contribution in [3.63, 3.8) is 0 Å². The van der Waals surface area contributed by atoms with Crippen LogP contribution in [0.2, 0.25) is 0 Å². The molecular weight excluding hydrogens is 296 g/mol. The summed E-state index contributed by atoms with van der Waals surface area (Å²) in [6.45, 7) is 5.01. The number of rotatable bonds is 8. The third-order valence-electron chi connectivity index (χ3n) is 3.16. The molecular formula is C16H22N4OS. The van der Waals surface area contributed by atoms with Gasteiger partial charge in [-0.2, -0.15) is 14.9 Å². The fraction of sp³-hybridized carbons (Fsp3) is 0.438. The van der Waals surface area contributed by atoms with Crippen LogP contribution in [0.5, 0.6) is 5.75 Å². The molecule has 0 radical (unpaired) electrons. The summed E-state index contributed by atoms with van der Waals surface area (Å²) in [6.07, 6.45) is 5.83. The van der Waals surface area contributed by atoms with Crippen molar-refractivity contribution in [2.45, 2.75) is 39.5 Å². The number of H-pyrrole nitrogens is 1. The molecule has 0 aliphatic carbocycles. The number of ether oxygens (including phenoxy) is 1. The van der Waals surface area contributed by atoms with Gasteiger partial charge in [-0.3, -0.25) is 5.10 Å². The molecule has 0 aliphatic rings. The van der Waals surface area contributed by atoms with Crippen molar-refractivity contribution in [3.8, 4) is 5.75 Å². The zero-order chi connectivity index (χ0) is 15.8. The fourth-order valence-corrected chi connectivity index (χ4v) is 2.14. The molecule has 1 aromatic carbocycles. The Kier molecular flexibility index (Phi) is 6.33. The highest BCUT2D eigenvalue weighted by atomic mass is 32.1. The first-order chi connectivity index (χ1) is 10.7. The maximum Gasteiger partial charge on any atom is 0.216 e. The molecule has 1 heterocycles. The van der Waals surface area contributed by atoms with Crippen LogP contribution < -0.4 is 4.74 Å².